The number of hydrogen-bond acceptors (Lipinski definition) is 5. The quantitative estimate of drug-likeness (QED) is 0.666. The third-order valence-electron chi connectivity index (χ3n) is 5.62. The number of benzene rings is 1. The normalized spacial score (nSPS) is 21.2. The van der Waals surface area contributed by atoms with Crippen molar-refractivity contribution >= 4 is 23.4 Å². The lowest BCUT2D eigenvalue weighted by Crippen LogP contribution is -2.42. The maximum atomic E-state index is 12.8. The zero-order valence-corrected chi connectivity index (χ0v) is 15.6. The number of nitrogens with one attached hydrogen (secondary N) is 3. The predicted molar refractivity (Wildman–Crippen MR) is 104 cm³/mol. The molecule has 3 N–H and O–H groups in total. The Kier molecular flexibility index (Phi) is 4.87. The van der Waals surface area contributed by atoms with Crippen molar-refractivity contribution in [2.24, 2.45) is 11.8 Å². The fourth-order valence-corrected chi connectivity index (χ4v) is 4.14. The molecule has 0 saturated heterocycles. The summed E-state index contributed by atoms with van der Waals surface area (Å²) in [5.41, 5.74) is -0.619. The number of amides is 3. The van der Waals surface area contributed by atoms with E-state index in [2.05, 4.69) is 15.3 Å². The van der Waals surface area contributed by atoms with Gasteiger partial charge in [-0.15, -0.1) is 0 Å². The van der Waals surface area contributed by atoms with Crippen LogP contribution in [0.15, 0.2) is 40.1 Å². The summed E-state index contributed by atoms with van der Waals surface area (Å²) < 4.78 is 0. The number of H-pyrrole nitrogens is 2. The number of anilines is 1. The van der Waals surface area contributed by atoms with Crippen LogP contribution in [0.5, 0.6) is 0 Å². The summed E-state index contributed by atoms with van der Waals surface area (Å²) in [5, 5.41) is 2.56. The van der Waals surface area contributed by atoms with Gasteiger partial charge in [0.15, 0.2) is 0 Å². The molecule has 2 aliphatic rings. The van der Waals surface area contributed by atoms with Crippen molar-refractivity contribution in [1.29, 1.82) is 0 Å². The van der Waals surface area contributed by atoms with E-state index in [0.29, 0.717) is 24.0 Å². The molecule has 150 valence electrons. The summed E-state index contributed by atoms with van der Waals surface area (Å²) in [6.45, 7) is 0.159. The lowest BCUT2D eigenvalue weighted by atomic mass is 9.78. The molecular weight excluding hydrogens is 376 g/mol. The van der Waals surface area contributed by atoms with Crippen LogP contribution in [0.4, 0.5) is 5.69 Å². The van der Waals surface area contributed by atoms with E-state index in [1.54, 1.807) is 24.3 Å². The monoisotopic (exact) mass is 396 g/mol. The van der Waals surface area contributed by atoms with Crippen LogP contribution in [0.1, 0.15) is 46.4 Å². The van der Waals surface area contributed by atoms with Gasteiger partial charge in [0.2, 0.25) is 5.91 Å². The summed E-state index contributed by atoms with van der Waals surface area (Å²) in [5.74, 6) is -1.68. The summed E-state index contributed by atoms with van der Waals surface area (Å²) in [6, 6.07) is 6.68. The first kappa shape index (κ1) is 18.9. The smallest absolute Gasteiger partial charge is 0.320 e. The molecule has 29 heavy (non-hydrogen) atoms. The number of nitrogens with zero attached hydrogens (tertiary/aromatic N) is 1. The second-order valence-electron chi connectivity index (χ2n) is 7.39. The molecule has 1 fully saturated rings. The first-order valence-corrected chi connectivity index (χ1v) is 9.54. The lowest BCUT2D eigenvalue weighted by molar-refractivity contribution is -0.122. The van der Waals surface area contributed by atoms with E-state index in [1.807, 2.05) is 0 Å². The molecule has 2 heterocycles. The molecule has 1 aliphatic heterocycles. The number of hydrogen-bond donors (Lipinski definition) is 3. The van der Waals surface area contributed by atoms with Gasteiger partial charge >= 0.3 is 5.69 Å². The van der Waals surface area contributed by atoms with Crippen molar-refractivity contribution in [3.05, 3.63) is 62.4 Å². The first-order valence-electron chi connectivity index (χ1n) is 9.54. The van der Waals surface area contributed by atoms with E-state index in [9.17, 15) is 24.0 Å². The van der Waals surface area contributed by atoms with Gasteiger partial charge in [-0.2, -0.15) is 0 Å². The van der Waals surface area contributed by atoms with Crippen LogP contribution in [-0.4, -0.2) is 39.1 Å². The fraction of sp³-hybridized carbons (Fsp3) is 0.350. The number of fused-ring (bicyclic) bond motifs is 1. The largest absolute Gasteiger partial charge is 0.325 e. The van der Waals surface area contributed by atoms with Gasteiger partial charge in [-0.3, -0.25) is 29.1 Å². The number of aromatic amines is 2. The molecule has 2 aromatic rings. The Labute approximate surface area is 165 Å². The molecule has 0 spiro atoms. The summed E-state index contributed by atoms with van der Waals surface area (Å²) >= 11 is 0. The molecule has 0 radical (unpaired) electrons. The van der Waals surface area contributed by atoms with Crippen molar-refractivity contribution in [2.45, 2.75) is 25.7 Å². The average molecular weight is 396 g/mol. The lowest BCUT2D eigenvalue weighted by Gasteiger charge is -2.32. The molecule has 9 nitrogen and oxygen atoms in total. The van der Waals surface area contributed by atoms with E-state index in [0.717, 1.165) is 19.0 Å². The minimum Gasteiger partial charge on any atom is -0.320 e. The van der Waals surface area contributed by atoms with Gasteiger partial charge in [0.1, 0.15) is 5.69 Å². The third-order valence-corrected chi connectivity index (χ3v) is 5.62. The fourth-order valence-electron chi connectivity index (χ4n) is 4.14. The van der Waals surface area contributed by atoms with Gasteiger partial charge in [-0.1, -0.05) is 25.0 Å². The Morgan fingerprint density at radius 3 is 2.34 bits per heavy atom. The van der Waals surface area contributed by atoms with E-state index in [1.165, 1.54) is 4.90 Å². The number of aromatic nitrogens is 2. The molecule has 2 atom stereocenters. The van der Waals surface area contributed by atoms with Crippen LogP contribution >= 0.6 is 0 Å². The number of rotatable bonds is 4. The number of carbonyl (C=O) groups excluding carboxylic acids is 3. The Morgan fingerprint density at radius 2 is 1.69 bits per heavy atom. The number of imide groups is 1. The molecule has 4 rings (SSSR count). The second kappa shape index (κ2) is 7.50. The first-order chi connectivity index (χ1) is 14.0. The van der Waals surface area contributed by atoms with Crippen molar-refractivity contribution in [3.8, 4) is 0 Å². The molecule has 1 saturated carbocycles. The Balaban J connectivity index is 1.52. The highest BCUT2D eigenvalue weighted by Crippen LogP contribution is 2.33. The zero-order chi connectivity index (χ0) is 20.5. The summed E-state index contributed by atoms with van der Waals surface area (Å²) in [6.07, 6.45) is 4.20. The highest BCUT2D eigenvalue weighted by atomic mass is 16.2. The van der Waals surface area contributed by atoms with Crippen molar-refractivity contribution in [3.63, 3.8) is 0 Å². The average Bonchev–Trinajstić information content (AvgIpc) is 2.96. The van der Waals surface area contributed by atoms with Crippen molar-refractivity contribution in [2.75, 3.05) is 11.9 Å². The highest BCUT2D eigenvalue weighted by Gasteiger charge is 2.40. The van der Waals surface area contributed by atoms with Crippen LogP contribution in [0.3, 0.4) is 0 Å². The summed E-state index contributed by atoms with van der Waals surface area (Å²) in [4.78, 5) is 66.7. The Bertz CT molecular complexity index is 1070. The standard InChI is InChI=1S/C20H20N4O5/c25-16(22-15-9-21-20(29)23-17(15)26)12-6-2-1-5-11(12)10-24-18(27)13-7-3-4-8-14(13)19(24)28/h3-4,7-9,11-12H,1-2,5-6,10H2,(H,22,25)(H2,21,23,26,29). The van der Waals surface area contributed by atoms with E-state index < -0.39 is 17.2 Å². The van der Waals surface area contributed by atoms with Crippen LogP contribution in [0.25, 0.3) is 0 Å². The molecule has 0 bridgehead atoms. The van der Waals surface area contributed by atoms with Crippen molar-refractivity contribution < 1.29 is 14.4 Å². The Hall–Kier alpha value is -3.49. The minimum absolute atomic E-state index is 0.0420. The molecule has 1 aliphatic carbocycles. The topological polar surface area (TPSA) is 132 Å². The maximum absolute atomic E-state index is 12.8. The van der Waals surface area contributed by atoms with Crippen molar-refractivity contribution in [1.82, 2.24) is 14.9 Å². The van der Waals surface area contributed by atoms with E-state index in [-0.39, 0.29) is 35.9 Å². The van der Waals surface area contributed by atoms with Crippen LogP contribution < -0.4 is 16.6 Å². The molecule has 1 aromatic carbocycles. The van der Waals surface area contributed by atoms with Gasteiger partial charge in [0.25, 0.3) is 17.4 Å². The highest BCUT2D eigenvalue weighted by molar-refractivity contribution is 6.21. The molecule has 1 aromatic heterocycles. The van der Waals surface area contributed by atoms with E-state index >= 15 is 0 Å². The van der Waals surface area contributed by atoms with Gasteiger partial charge in [-0.25, -0.2) is 4.79 Å². The molecule has 3 amide bonds. The second-order valence-corrected chi connectivity index (χ2v) is 7.39. The predicted octanol–water partition coefficient (Wildman–Crippen LogP) is 1.10. The van der Waals surface area contributed by atoms with Crippen LogP contribution in [0.2, 0.25) is 0 Å². The maximum Gasteiger partial charge on any atom is 0.325 e. The van der Waals surface area contributed by atoms with Gasteiger partial charge < -0.3 is 10.3 Å². The Morgan fingerprint density at radius 1 is 1.03 bits per heavy atom. The number of carbonyl (C=O) groups is 3. The summed E-state index contributed by atoms with van der Waals surface area (Å²) in [7, 11) is 0. The molecular formula is C20H20N4O5. The molecule has 2 unspecified atom stereocenters. The van der Waals surface area contributed by atoms with Crippen LogP contribution in [-0.2, 0) is 4.79 Å². The third kappa shape index (κ3) is 3.51. The van der Waals surface area contributed by atoms with E-state index in [4.69, 9.17) is 0 Å². The zero-order valence-electron chi connectivity index (χ0n) is 15.6. The molecule has 9 heteroatoms. The van der Waals surface area contributed by atoms with Gasteiger partial charge in [0.05, 0.1) is 11.1 Å². The van der Waals surface area contributed by atoms with Crippen LogP contribution in [0, 0.1) is 11.8 Å². The minimum atomic E-state index is -0.685. The SMILES string of the molecule is O=C(Nc1c[nH]c(=O)[nH]c1=O)C1CCCCC1CN1C(=O)c2ccccc2C1=O. The van der Waals surface area contributed by atoms with Gasteiger partial charge in [-0.05, 0) is 30.9 Å². The van der Waals surface area contributed by atoms with Gasteiger partial charge in [0, 0.05) is 18.7 Å².